The molecule has 3 saturated heterocycles. The molecule has 0 aliphatic carbocycles. The normalized spacial score (nSPS) is 20.8. The van der Waals surface area contributed by atoms with E-state index in [0.29, 0.717) is 57.5 Å². The van der Waals surface area contributed by atoms with Crippen molar-refractivity contribution in [2.24, 2.45) is 0 Å². The van der Waals surface area contributed by atoms with Crippen LogP contribution in [0.2, 0.25) is 0 Å². The van der Waals surface area contributed by atoms with E-state index in [0.717, 1.165) is 36.7 Å². The van der Waals surface area contributed by atoms with Gasteiger partial charge in [-0.3, -0.25) is 15.0 Å². The van der Waals surface area contributed by atoms with Crippen LogP contribution in [0, 0.1) is 0 Å². The maximum Gasteiger partial charge on any atom is 0.418 e. The van der Waals surface area contributed by atoms with E-state index in [9.17, 15) is 40.7 Å². The summed E-state index contributed by atoms with van der Waals surface area (Å²) in [5, 5.41) is 8.84. The highest BCUT2D eigenvalue weighted by molar-refractivity contribution is 7.14. The number of rotatable bonds is 6. The van der Waals surface area contributed by atoms with Gasteiger partial charge < -0.3 is 30.5 Å². The fraction of sp³-hybridized carbons (Fsp3) is 0.594. The molecule has 0 unspecified atom stereocenters. The number of carbonyl (C=O) groups is 3. The number of hydrogen-bond donors (Lipinski definition) is 3. The molecule has 18 heteroatoms. The van der Waals surface area contributed by atoms with Crippen molar-refractivity contribution >= 4 is 40.1 Å². The topological polar surface area (TPSA) is 123 Å². The minimum Gasteiger partial charge on any atom is -0.436 e. The highest BCUT2D eigenvalue weighted by atomic mass is 32.1. The van der Waals surface area contributed by atoms with Crippen LogP contribution in [0.4, 0.5) is 46.6 Å². The molecule has 4 aliphatic heterocycles. The second-order valence-corrected chi connectivity index (χ2v) is 14.0. The smallest absolute Gasteiger partial charge is 0.418 e. The van der Waals surface area contributed by atoms with Gasteiger partial charge in [0.05, 0.1) is 23.4 Å². The Kier molecular flexibility index (Phi) is 10.4. The predicted octanol–water partition coefficient (Wildman–Crippen LogP) is 4.82. The second kappa shape index (κ2) is 14.5. The van der Waals surface area contributed by atoms with E-state index in [1.54, 1.807) is 4.90 Å². The number of benzene rings is 1. The van der Waals surface area contributed by atoms with Gasteiger partial charge in [-0.15, -0.1) is 11.3 Å². The minimum absolute atomic E-state index is 0.166. The summed E-state index contributed by atoms with van der Waals surface area (Å²) >= 11 is 1.43. The molecule has 6 rings (SSSR count). The molecule has 1 atom stereocenters. The number of halogens is 6. The van der Waals surface area contributed by atoms with Crippen LogP contribution in [0.1, 0.15) is 47.9 Å². The third-order valence-electron chi connectivity index (χ3n) is 9.97. The Bertz CT molecular complexity index is 1530. The number of nitrogen functional groups attached to an aromatic ring is 1. The first kappa shape index (κ1) is 36.0. The van der Waals surface area contributed by atoms with Crippen molar-refractivity contribution in [2.75, 3.05) is 63.4 Å². The monoisotopic (exact) mass is 731 g/mol. The Morgan fingerprint density at radius 1 is 0.900 bits per heavy atom. The number of piperidine rings is 2. The third-order valence-corrected chi connectivity index (χ3v) is 10.8. The summed E-state index contributed by atoms with van der Waals surface area (Å²) in [5.74, 6) is -0.692. The van der Waals surface area contributed by atoms with E-state index in [2.05, 4.69) is 15.5 Å². The zero-order chi connectivity index (χ0) is 35.8. The first-order valence-corrected chi connectivity index (χ1v) is 17.5. The van der Waals surface area contributed by atoms with Crippen molar-refractivity contribution in [1.29, 1.82) is 0 Å². The molecule has 2 aromatic rings. The molecule has 0 bridgehead atoms. The molecule has 11 nitrogen and oxygen atoms in total. The van der Waals surface area contributed by atoms with Crippen molar-refractivity contribution in [2.45, 2.75) is 69.2 Å². The van der Waals surface area contributed by atoms with Gasteiger partial charge in [0.1, 0.15) is 5.00 Å². The average Bonchev–Trinajstić information content (AvgIpc) is 3.54. The SMILES string of the molecule is Nc1c(C(F)(F)F)cc(C[C@@H](OC(=O)N2CCC(N3Cc4ccsc4NC3=O)CC2)C(=O)N2CCC(N3CCNCC3)CC2)cc1C(F)(F)F. The quantitative estimate of drug-likeness (QED) is 0.288. The first-order chi connectivity index (χ1) is 23.7. The molecule has 1 aromatic heterocycles. The van der Waals surface area contributed by atoms with E-state index >= 15 is 0 Å². The Hall–Kier alpha value is -3.77. The summed E-state index contributed by atoms with van der Waals surface area (Å²) in [5.41, 5.74) is 0.984. The van der Waals surface area contributed by atoms with E-state index in [-0.39, 0.29) is 31.2 Å². The number of piperazine rings is 1. The molecule has 50 heavy (non-hydrogen) atoms. The fourth-order valence-corrected chi connectivity index (χ4v) is 8.04. The Labute approximate surface area is 288 Å². The number of nitrogens with zero attached hydrogens (tertiary/aromatic N) is 4. The van der Waals surface area contributed by atoms with Crippen LogP contribution < -0.4 is 16.4 Å². The molecule has 274 valence electrons. The number of likely N-dealkylation sites (tertiary alicyclic amines) is 2. The number of fused-ring (bicyclic) bond motifs is 1. The van der Waals surface area contributed by atoms with Crippen molar-refractivity contribution < 1.29 is 45.5 Å². The molecule has 0 saturated carbocycles. The van der Waals surface area contributed by atoms with Crippen molar-refractivity contribution in [3.63, 3.8) is 0 Å². The number of alkyl halides is 6. The summed E-state index contributed by atoms with van der Waals surface area (Å²) in [6, 6.07) is 2.68. The molecule has 0 spiro atoms. The lowest BCUT2D eigenvalue weighted by molar-refractivity contribution is -0.142. The number of nitrogens with two attached hydrogens (primary N) is 1. The van der Waals surface area contributed by atoms with Crippen molar-refractivity contribution in [1.82, 2.24) is 24.9 Å². The molecule has 5 heterocycles. The van der Waals surface area contributed by atoms with Crippen molar-refractivity contribution in [3.05, 3.63) is 45.8 Å². The van der Waals surface area contributed by atoms with Crippen molar-refractivity contribution in [3.8, 4) is 0 Å². The first-order valence-electron chi connectivity index (χ1n) is 16.6. The summed E-state index contributed by atoms with van der Waals surface area (Å²) in [4.78, 5) is 46.9. The van der Waals surface area contributed by atoms with Gasteiger partial charge >= 0.3 is 24.5 Å². The lowest BCUT2D eigenvalue weighted by Gasteiger charge is -2.41. The fourth-order valence-electron chi connectivity index (χ4n) is 7.24. The summed E-state index contributed by atoms with van der Waals surface area (Å²) in [6.45, 7) is 4.73. The van der Waals surface area contributed by atoms with Gasteiger partial charge in [-0.05, 0) is 54.8 Å². The van der Waals surface area contributed by atoms with Gasteiger partial charge in [0.15, 0.2) is 6.10 Å². The lowest BCUT2D eigenvalue weighted by Crippen LogP contribution is -2.54. The standard InChI is InChI=1S/C32H39F6N7O4S/c33-31(34,35)23-15-19(16-24(26(23)39)32(36,37)38)17-25(28(46)43-8-1-21(2-9-43)42-12-6-40-7-13-42)49-30(48)44-10-3-22(4-11-44)45-18-20-5-14-50-27(20)41-29(45)47/h5,14-16,21-22,25,40H,1-4,6-13,17-18,39H2,(H,41,47)/t25-/m1/s1. The maximum atomic E-state index is 13.9. The van der Waals surface area contributed by atoms with E-state index < -0.39 is 59.3 Å². The van der Waals surface area contributed by atoms with Gasteiger partial charge in [-0.2, -0.15) is 26.3 Å². The average molecular weight is 732 g/mol. The van der Waals surface area contributed by atoms with E-state index in [1.165, 1.54) is 21.1 Å². The van der Waals surface area contributed by atoms with Crippen LogP contribution in [0.5, 0.6) is 0 Å². The van der Waals surface area contributed by atoms with Crippen LogP contribution in [0.15, 0.2) is 23.6 Å². The van der Waals surface area contributed by atoms with Crippen LogP contribution >= 0.6 is 11.3 Å². The summed E-state index contributed by atoms with van der Waals surface area (Å²) < 4.78 is 88.6. The molecular formula is C32H39F6N7O4S. The van der Waals surface area contributed by atoms with Gasteiger partial charge in [-0.1, -0.05) is 0 Å². The molecule has 4 N–H and O–H groups in total. The van der Waals surface area contributed by atoms with Crippen LogP contribution in [-0.4, -0.2) is 108 Å². The van der Waals surface area contributed by atoms with E-state index in [4.69, 9.17) is 10.5 Å². The van der Waals surface area contributed by atoms with Crippen LogP contribution in [0.3, 0.4) is 0 Å². The number of carbonyl (C=O) groups excluding carboxylic acids is 3. The van der Waals surface area contributed by atoms with Crippen LogP contribution in [-0.2, 0) is 34.8 Å². The summed E-state index contributed by atoms with van der Waals surface area (Å²) in [7, 11) is 0. The minimum atomic E-state index is -5.21. The molecular weight excluding hydrogens is 692 g/mol. The summed E-state index contributed by atoms with van der Waals surface area (Å²) in [6.07, 6.45) is -11.7. The lowest BCUT2D eigenvalue weighted by atomic mass is 9.97. The number of urea groups is 1. The van der Waals surface area contributed by atoms with Gasteiger partial charge in [-0.25, -0.2) is 9.59 Å². The second-order valence-electron chi connectivity index (χ2n) is 13.1. The van der Waals surface area contributed by atoms with Gasteiger partial charge in [0, 0.05) is 76.4 Å². The van der Waals surface area contributed by atoms with E-state index in [1.807, 2.05) is 11.4 Å². The predicted molar refractivity (Wildman–Crippen MR) is 172 cm³/mol. The number of thiophene rings is 1. The number of nitrogens with one attached hydrogen (secondary N) is 2. The number of hydrogen-bond acceptors (Lipinski definition) is 8. The molecule has 4 aliphatic rings. The molecule has 0 radical (unpaired) electrons. The largest absolute Gasteiger partial charge is 0.436 e. The molecule has 3 fully saturated rings. The Morgan fingerprint density at radius 3 is 2.08 bits per heavy atom. The number of amides is 4. The van der Waals surface area contributed by atoms with Gasteiger partial charge in [0.25, 0.3) is 5.91 Å². The van der Waals surface area contributed by atoms with Gasteiger partial charge in [0.2, 0.25) is 0 Å². The number of ether oxygens (including phenoxy) is 1. The third kappa shape index (κ3) is 7.91. The Morgan fingerprint density at radius 2 is 1.48 bits per heavy atom. The number of anilines is 2. The highest BCUT2D eigenvalue weighted by Crippen LogP contribution is 2.42. The zero-order valence-electron chi connectivity index (χ0n) is 27.1. The molecule has 1 aromatic carbocycles. The Balaban J connectivity index is 1.18. The highest BCUT2D eigenvalue weighted by Gasteiger charge is 2.42. The zero-order valence-corrected chi connectivity index (χ0v) is 27.9. The van der Waals surface area contributed by atoms with Crippen LogP contribution in [0.25, 0.3) is 0 Å². The molecule has 4 amide bonds. The maximum absolute atomic E-state index is 13.9.